The largest absolute Gasteiger partial charge is 0.455 e. The third-order valence-electron chi connectivity index (χ3n) is 2.97. The zero-order valence-corrected chi connectivity index (χ0v) is 12.3. The Labute approximate surface area is 124 Å². The topological polar surface area (TPSA) is 48.1 Å². The fourth-order valence-corrected chi connectivity index (χ4v) is 2.04. The van der Waals surface area contributed by atoms with E-state index in [2.05, 4.69) is 24.0 Å². The normalized spacial score (nSPS) is 10.2. The van der Waals surface area contributed by atoms with E-state index in [1.807, 2.05) is 18.2 Å². The first kappa shape index (κ1) is 14.5. The van der Waals surface area contributed by atoms with Crippen LogP contribution in [-0.2, 0) is 6.42 Å². The van der Waals surface area contributed by atoms with Gasteiger partial charge in [-0.05, 0) is 42.7 Å². The Balaban J connectivity index is 2.12. The molecule has 104 valence electrons. The molecule has 0 spiro atoms. The molecule has 1 aromatic carbocycles. The lowest BCUT2D eigenvalue weighted by atomic mass is 10.1. The molecule has 0 radical (unpaired) electrons. The number of benzene rings is 1. The molecule has 4 heteroatoms. The summed E-state index contributed by atoms with van der Waals surface area (Å²) in [6.45, 7) is 2.19. The molecule has 1 heterocycles. The highest BCUT2D eigenvalue weighted by Gasteiger charge is 2.08. The minimum atomic E-state index is 0.236. The van der Waals surface area contributed by atoms with E-state index in [0.717, 1.165) is 12.2 Å². The first-order valence-electron chi connectivity index (χ1n) is 6.72. The van der Waals surface area contributed by atoms with Crippen LogP contribution < -0.4 is 10.5 Å². The molecule has 0 fully saturated rings. The molecule has 0 atom stereocenters. The van der Waals surface area contributed by atoms with Crippen molar-refractivity contribution >= 4 is 17.2 Å². The summed E-state index contributed by atoms with van der Waals surface area (Å²) < 4.78 is 5.80. The monoisotopic (exact) mass is 286 g/mol. The van der Waals surface area contributed by atoms with Gasteiger partial charge in [0.05, 0.1) is 0 Å². The van der Waals surface area contributed by atoms with Gasteiger partial charge in [-0.1, -0.05) is 37.7 Å². The summed E-state index contributed by atoms with van der Waals surface area (Å²) in [5.41, 5.74) is 7.47. The maximum Gasteiger partial charge on any atom is 0.156 e. The van der Waals surface area contributed by atoms with Gasteiger partial charge in [0.2, 0.25) is 0 Å². The Kier molecular flexibility index (Phi) is 5.07. The number of hydrogen-bond donors (Lipinski definition) is 1. The van der Waals surface area contributed by atoms with Crippen LogP contribution >= 0.6 is 12.2 Å². The zero-order chi connectivity index (χ0) is 14.4. The Hall–Kier alpha value is -1.94. The van der Waals surface area contributed by atoms with Gasteiger partial charge >= 0.3 is 0 Å². The van der Waals surface area contributed by atoms with Crippen LogP contribution in [0.25, 0.3) is 0 Å². The molecule has 0 aliphatic carbocycles. The molecule has 0 unspecified atom stereocenters. The number of nitrogens with two attached hydrogens (primary N) is 1. The summed E-state index contributed by atoms with van der Waals surface area (Å²) >= 11 is 4.97. The molecule has 1 aromatic heterocycles. The fraction of sp³-hybridized carbons (Fsp3) is 0.250. The van der Waals surface area contributed by atoms with E-state index in [4.69, 9.17) is 22.7 Å². The van der Waals surface area contributed by atoms with E-state index in [0.29, 0.717) is 11.4 Å². The molecule has 0 amide bonds. The molecule has 0 saturated carbocycles. The highest BCUT2D eigenvalue weighted by molar-refractivity contribution is 7.80. The van der Waals surface area contributed by atoms with Crippen molar-refractivity contribution in [2.45, 2.75) is 26.2 Å². The summed E-state index contributed by atoms with van der Waals surface area (Å²) in [4.78, 5) is 4.38. The summed E-state index contributed by atoms with van der Waals surface area (Å²) in [6.07, 6.45) is 5.15. The molecular formula is C16H18N2OS. The fourth-order valence-electron chi connectivity index (χ4n) is 1.89. The van der Waals surface area contributed by atoms with E-state index in [1.54, 1.807) is 12.3 Å². The van der Waals surface area contributed by atoms with Gasteiger partial charge in [0.25, 0.3) is 0 Å². The maximum atomic E-state index is 5.80. The number of aromatic nitrogens is 1. The number of rotatable bonds is 6. The van der Waals surface area contributed by atoms with Crippen LogP contribution in [0, 0.1) is 0 Å². The van der Waals surface area contributed by atoms with Gasteiger partial charge in [-0.2, -0.15) is 0 Å². The van der Waals surface area contributed by atoms with Crippen LogP contribution in [0.1, 0.15) is 31.0 Å². The first-order chi connectivity index (χ1) is 9.70. The van der Waals surface area contributed by atoms with Crippen LogP contribution in [0.2, 0.25) is 0 Å². The van der Waals surface area contributed by atoms with Crippen molar-refractivity contribution in [1.29, 1.82) is 0 Å². The Morgan fingerprint density at radius 3 is 2.65 bits per heavy atom. The van der Waals surface area contributed by atoms with E-state index >= 15 is 0 Å². The summed E-state index contributed by atoms with van der Waals surface area (Å²) in [7, 11) is 0. The molecule has 0 saturated heterocycles. The SMILES string of the molecule is CCCCc1ccc(Oc2cccnc2C(N)=S)cc1. The number of hydrogen-bond acceptors (Lipinski definition) is 3. The van der Waals surface area contributed by atoms with Crippen LogP contribution in [0.15, 0.2) is 42.6 Å². The smallest absolute Gasteiger partial charge is 0.156 e. The second-order valence-electron chi connectivity index (χ2n) is 4.56. The van der Waals surface area contributed by atoms with Gasteiger partial charge in [-0.15, -0.1) is 0 Å². The summed E-state index contributed by atoms with van der Waals surface area (Å²) in [6, 6.07) is 11.7. The molecule has 20 heavy (non-hydrogen) atoms. The average molecular weight is 286 g/mol. The van der Waals surface area contributed by atoms with E-state index in [-0.39, 0.29) is 4.99 Å². The van der Waals surface area contributed by atoms with E-state index in [1.165, 1.54) is 18.4 Å². The number of aryl methyl sites for hydroxylation is 1. The minimum Gasteiger partial charge on any atom is -0.455 e. The molecule has 2 N–H and O–H groups in total. The van der Waals surface area contributed by atoms with Crippen LogP contribution in [0.3, 0.4) is 0 Å². The minimum absolute atomic E-state index is 0.236. The predicted octanol–water partition coefficient (Wildman–Crippen LogP) is 3.85. The molecule has 2 aromatic rings. The highest BCUT2D eigenvalue weighted by atomic mass is 32.1. The van der Waals surface area contributed by atoms with Crippen LogP contribution in [0.4, 0.5) is 0 Å². The quantitative estimate of drug-likeness (QED) is 0.819. The second-order valence-corrected chi connectivity index (χ2v) is 5.00. The van der Waals surface area contributed by atoms with Crippen molar-refractivity contribution in [3.8, 4) is 11.5 Å². The van der Waals surface area contributed by atoms with E-state index < -0.39 is 0 Å². The molecule has 3 nitrogen and oxygen atoms in total. The standard InChI is InChI=1S/C16H18N2OS/c1-2-3-5-12-7-9-13(10-8-12)19-14-6-4-11-18-15(14)16(17)20/h4,6-11H,2-3,5H2,1H3,(H2,17,20). The van der Waals surface area contributed by atoms with Crippen molar-refractivity contribution in [3.63, 3.8) is 0 Å². The Morgan fingerprint density at radius 1 is 1.25 bits per heavy atom. The zero-order valence-electron chi connectivity index (χ0n) is 11.5. The van der Waals surface area contributed by atoms with Crippen molar-refractivity contribution < 1.29 is 4.74 Å². The number of thiocarbonyl (C=S) groups is 1. The van der Waals surface area contributed by atoms with Crippen LogP contribution in [0.5, 0.6) is 11.5 Å². The summed E-state index contributed by atoms with van der Waals surface area (Å²) in [5.74, 6) is 1.34. The Morgan fingerprint density at radius 2 is 2.00 bits per heavy atom. The van der Waals surface area contributed by atoms with Crippen molar-refractivity contribution in [1.82, 2.24) is 4.98 Å². The number of pyridine rings is 1. The number of ether oxygens (including phenoxy) is 1. The predicted molar refractivity (Wildman–Crippen MR) is 85.3 cm³/mol. The lowest BCUT2D eigenvalue weighted by Gasteiger charge is -2.09. The van der Waals surface area contributed by atoms with Crippen molar-refractivity contribution in [2.24, 2.45) is 5.73 Å². The molecule has 2 rings (SSSR count). The first-order valence-corrected chi connectivity index (χ1v) is 7.13. The van der Waals surface area contributed by atoms with Gasteiger partial charge in [-0.3, -0.25) is 0 Å². The van der Waals surface area contributed by atoms with Gasteiger partial charge in [0.15, 0.2) is 5.75 Å². The molecular weight excluding hydrogens is 268 g/mol. The number of unbranched alkanes of at least 4 members (excludes halogenated alkanes) is 1. The van der Waals surface area contributed by atoms with Crippen LogP contribution in [-0.4, -0.2) is 9.97 Å². The molecule has 0 aliphatic heterocycles. The van der Waals surface area contributed by atoms with Crippen molar-refractivity contribution in [2.75, 3.05) is 0 Å². The third-order valence-corrected chi connectivity index (χ3v) is 3.17. The van der Waals surface area contributed by atoms with Gasteiger partial charge in [0.1, 0.15) is 16.4 Å². The number of nitrogens with zero attached hydrogens (tertiary/aromatic N) is 1. The van der Waals surface area contributed by atoms with Gasteiger partial charge < -0.3 is 10.5 Å². The Bertz CT molecular complexity index is 581. The highest BCUT2D eigenvalue weighted by Crippen LogP contribution is 2.24. The van der Waals surface area contributed by atoms with E-state index in [9.17, 15) is 0 Å². The lowest BCUT2D eigenvalue weighted by Crippen LogP contribution is -2.12. The molecule has 0 aliphatic rings. The summed E-state index contributed by atoms with van der Waals surface area (Å²) in [5, 5.41) is 0. The molecule has 0 bridgehead atoms. The van der Waals surface area contributed by atoms with Crippen molar-refractivity contribution in [3.05, 3.63) is 53.9 Å². The maximum absolute atomic E-state index is 5.80. The van der Waals surface area contributed by atoms with Gasteiger partial charge in [0, 0.05) is 6.20 Å². The van der Waals surface area contributed by atoms with Gasteiger partial charge in [-0.25, -0.2) is 4.98 Å². The third kappa shape index (κ3) is 3.78. The average Bonchev–Trinajstić information content (AvgIpc) is 2.47. The second kappa shape index (κ2) is 7.01. The lowest BCUT2D eigenvalue weighted by molar-refractivity contribution is 0.479.